The summed E-state index contributed by atoms with van der Waals surface area (Å²) in [5.41, 5.74) is 3.04. The fourth-order valence-electron chi connectivity index (χ4n) is 1.13. The fourth-order valence-corrected chi connectivity index (χ4v) is 1.13. The number of aromatic nitrogens is 3. The van der Waals surface area contributed by atoms with Crippen molar-refractivity contribution in [3.05, 3.63) is 6.33 Å². The summed E-state index contributed by atoms with van der Waals surface area (Å²) in [5.74, 6) is 3.43. The molecule has 94 valence electrons. The number of hydrogen-bond donors (Lipinski definition) is 2. The lowest BCUT2D eigenvalue weighted by Crippen LogP contribution is -2.27. The number of hydrazine groups is 1. The highest BCUT2D eigenvalue weighted by Crippen LogP contribution is 2.02. The number of nitrogens with zero attached hydrogens (tertiary/aromatic N) is 4. The van der Waals surface area contributed by atoms with Crippen LogP contribution in [0.25, 0.3) is 0 Å². The predicted molar refractivity (Wildman–Crippen MR) is 70.9 cm³/mol. The van der Waals surface area contributed by atoms with Gasteiger partial charge in [0.25, 0.3) is 0 Å². The van der Waals surface area contributed by atoms with Crippen LogP contribution in [0.5, 0.6) is 0 Å². The monoisotopic (exact) mass is 256 g/mol. The van der Waals surface area contributed by atoms with Gasteiger partial charge >= 0.3 is 0 Å². The summed E-state index contributed by atoms with van der Waals surface area (Å²) in [6, 6.07) is 0. The number of terminal acetylenes is 1. The van der Waals surface area contributed by atoms with Crippen LogP contribution in [-0.2, 0) is 0 Å². The largest absolute Gasteiger partial charge is 0.343 e. The number of hydrogen-bond acceptors (Lipinski definition) is 6. The maximum atomic E-state index is 5.13. The van der Waals surface area contributed by atoms with Crippen LogP contribution < -0.4 is 10.7 Å². The average molecular weight is 257 g/mol. The van der Waals surface area contributed by atoms with Gasteiger partial charge in [-0.25, -0.2) is 15.0 Å². The van der Waals surface area contributed by atoms with E-state index >= 15 is 0 Å². The minimum absolute atomic E-state index is 0. The SMILES string of the molecule is C#CCNc1ncnc(NN(C)CCC)n1.Cl. The van der Waals surface area contributed by atoms with Crippen LogP contribution in [0.1, 0.15) is 13.3 Å². The molecule has 0 aliphatic rings. The first-order valence-electron chi connectivity index (χ1n) is 5.10. The molecule has 0 spiro atoms. The molecule has 2 N–H and O–H groups in total. The van der Waals surface area contributed by atoms with Crippen molar-refractivity contribution in [1.82, 2.24) is 20.0 Å². The summed E-state index contributed by atoms with van der Waals surface area (Å²) < 4.78 is 0. The van der Waals surface area contributed by atoms with E-state index in [1.54, 1.807) is 0 Å². The van der Waals surface area contributed by atoms with Crippen LogP contribution in [0.2, 0.25) is 0 Å². The van der Waals surface area contributed by atoms with E-state index in [1.807, 2.05) is 12.1 Å². The lowest BCUT2D eigenvalue weighted by molar-refractivity contribution is 0.397. The molecule has 0 atom stereocenters. The minimum atomic E-state index is 0. The quantitative estimate of drug-likeness (QED) is 0.585. The lowest BCUT2D eigenvalue weighted by Gasteiger charge is -2.16. The Morgan fingerprint density at radius 1 is 1.41 bits per heavy atom. The Balaban J connectivity index is 0.00000256. The molecule has 0 unspecified atom stereocenters. The third kappa shape index (κ3) is 5.90. The molecule has 0 fully saturated rings. The Hall–Kier alpha value is -1.58. The zero-order valence-electron chi connectivity index (χ0n) is 9.97. The van der Waals surface area contributed by atoms with Crippen molar-refractivity contribution >= 4 is 24.3 Å². The van der Waals surface area contributed by atoms with Gasteiger partial charge in [0.15, 0.2) is 0 Å². The molecule has 7 heteroatoms. The first-order chi connectivity index (χ1) is 7.76. The van der Waals surface area contributed by atoms with Crippen molar-refractivity contribution in [2.75, 3.05) is 30.9 Å². The zero-order chi connectivity index (χ0) is 11.8. The van der Waals surface area contributed by atoms with Crippen molar-refractivity contribution < 1.29 is 0 Å². The van der Waals surface area contributed by atoms with Crippen LogP contribution in [0.4, 0.5) is 11.9 Å². The van der Waals surface area contributed by atoms with Crippen molar-refractivity contribution in [3.63, 3.8) is 0 Å². The van der Waals surface area contributed by atoms with Crippen LogP contribution in [0.3, 0.4) is 0 Å². The molecule has 1 aromatic rings. The van der Waals surface area contributed by atoms with Crippen LogP contribution in [0.15, 0.2) is 6.33 Å². The van der Waals surface area contributed by atoms with Crippen LogP contribution >= 0.6 is 12.4 Å². The second-order valence-electron chi connectivity index (χ2n) is 3.22. The number of nitrogens with one attached hydrogen (secondary N) is 2. The molecule has 0 saturated carbocycles. The highest BCUT2D eigenvalue weighted by atomic mass is 35.5. The summed E-state index contributed by atoms with van der Waals surface area (Å²) in [4.78, 5) is 12.1. The minimum Gasteiger partial charge on any atom is -0.343 e. The van der Waals surface area contributed by atoms with Gasteiger partial charge in [0.1, 0.15) is 6.33 Å². The van der Waals surface area contributed by atoms with Gasteiger partial charge in [-0.15, -0.1) is 18.8 Å². The maximum absolute atomic E-state index is 5.13. The first kappa shape index (κ1) is 15.4. The number of halogens is 1. The van der Waals surface area contributed by atoms with Crippen LogP contribution in [0, 0.1) is 12.3 Å². The summed E-state index contributed by atoms with van der Waals surface area (Å²) in [7, 11) is 1.93. The Kier molecular flexibility index (Phi) is 7.76. The van der Waals surface area contributed by atoms with Gasteiger partial charge < -0.3 is 5.32 Å². The molecule has 0 radical (unpaired) electrons. The van der Waals surface area contributed by atoms with E-state index in [4.69, 9.17) is 6.42 Å². The van der Waals surface area contributed by atoms with E-state index in [-0.39, 0.29) is 12.4 Å². The number of rotatable bonds is 6. The van der Waals surface area contributed by atoms with Crippen molar-refractivity contribution in [1.29, 1.82) is 0 Å². The van der Waals surface area contributed by atoms with Gasteiger partial charge in [-0.05, 0) is 6.42 Å². The topological polar surface area (TPSA) is 66.0 Å². The lowest BCUT2D eigenvalue weighted by atomic mass is 10.5. The Morgan fingerprint density at radius 2 is 2.12 bits per heavy atom. The van der Waals surface area contributed by atoms with E-state index in [1.165, 1.54) is 6.33 Å². The molecule has 6 nitrogen and oxygen atoms in total. The molecule has 0 saturated heterocycles. The predicted octanol–water partition coefficient (Wildman–Crippen LogP) is 1.01. The van der Waals surface area contributed by atoms with Crippen molar-refractivity contribution in [2.24, 2.45) is 0 Å². The molecular formula is C10H17ClN6. The molecular weight excluding hydrogens is 240 g/mol. The van der Waals surface area contributed by atoms with Gasteiger partial charge in [-0.2, -0.15) is 4.98 Å². The van der Waals surface area contributed by atoms with Gasteiger partial charge in [0.2, 0.25) is 11.9 Å². The van der Waals surface area contributed by atoms with E-state index in [0.717, 1.165) is 13.0 Å². The fraction of sp³-hybridized carbons (Fsp3) is 0.500. The third-order valence-electron chi connectivity index (χ3n) is 1.77. The second-order valence-corrected chi connectivity index (χ2v) is 3.22. The Bertz CT molecular complexity index is 364. The highest BCUT2D eigenvalue weighted by Gasteiger charge is 2.01. The summed E-state index contributed by atoms with van der Waals surface area (Å²) in [6.45, 7) is 3.42. The normalized spacial score (nSPS) is 9.29. The maximum Gasteiger partial charge on any atom is 0.242 e. The first-order valence-corrected chi connectivity index (χ1v) is 5.10. The van der Waals surface area contributed by atoms with Gasteiger partial charge in [0.05, 0.1) is 6.54 Å². The molecule has 0 aliphatic heterocycles. The summed E-state index contributed by atoms with van der Waals surface area (Å²) in [6.07, 6.45) is 7.62. The number of anilines is 2. The van der Waals surface area contributed by atoms with E-state index < -0.39 is 0 Å². The molecule has 0 amide bonds. The van der Waals surface area contributed by atoms with Crippen LogP contribution in [-0.4, -0.2) is 40.1 Å². The smallest absolute Gasteiger partial charge is 0.242 e. The third-order valence-corrected chi connectivity index (χ3v) is 1.77. The van der Waals surface area contributed by atoms with Gasteiger partial charge in [0, 0.05) is 13.6 Å². The Morgan fingerprint density at radius 3 is 2.76 bits per heavy atom. The Labute approximate surface area is 108 Å². The molecule has 0 bridgehead atoms. The van der Waals surface area contributed by atoms with Crippen molar-refractivity contribution in [3.8, 4) is 12.3 Å². The van der Waals surface area contributed by atoms with E-state index in [2.05, 4.69) is 38.5 Å². The average Bonchev–Trinajstić information content (AvgIpc) is 2.27. The highest BCUT2D eigenvalue weighted by molar-refractivity contribution is 5.85. The van der Waals surface area contributed by atoms with Crippen molar-refractivity contribution in [2.45, 2.75) is 13.3 Å². The van der Waals surface area contributed by atoms with E-state index in [9.17, 15) is 0 Å². The summed E-state index contributed by atoms with van der Waals surface area (Å²) in [5, 5.41) is 4.80. The molecule has 1 heterocycles. The van der Waals surface area contributed by atoms with E-state index in [0.29, 0.717) is 18.4 Å². The molecule has 0 aliphatic carbocycles. The van der Waals surface area contributed by atoms with Gasteiger partial charge in [-0.3, -0.25) is 5.43 Å². The second kappa shape index (κ2) is 8.56. The molecule has 0 aromatic carbocycles. The molecule has 1 aromatic heterocycles. The summed E-state index contributed by atoms with van der Waals surface area (Å²) >= 11 is 0. The van der Waals surface area contributed by atoms with Gasteiger partial charge in [-0.1, -0.05) is 12.8 Å². The zero-order valence-corrected chi connectivity index (χ0v) is 10.8. The standard InChI is InChI=1S/C10H16N6.ClH/c1-4-6-11-9-12-8-13-10(14-9)15-16(3)7-5-2;/h1,8H,5-7H2,2-3H3,(H2,11,12,13,14,15);1H. The molecule has 1 rings (SSSR count). The molecule has 17 heavy (non-hydrogen) atoms.